The van der Waals surface area contributed by atoms with E-state index in [4.69, 9.17) is 14.7 Å². The summed E-state index contributed by atoms with van der Waals surface area (Å²) in [7, 11) is 3.25. The van der Waals surface area contributed by atoms with Gasteiger partial charge in [0.05, 0.1) is 25.9 Å². The molecule has 0 aliphatic rings. The van der Waals surface area contributed by atoms with Gasteiger partial charge in [-0.1, -0.05) is 12.1 Å². The summed E-state index contributed by atoms with van der Waals surface area (Å²) in [5.41, 5.74) is 2.60. The third-order valence-electron chi connectivity index (χ3n) is 3.73. The summed E-state index contributed by atoms with van der Waals surface area (Å²) in [6, 6.07) is 15.4. The van der Waals surface area contributed by atoms with Crippen LogP contribution in [0.3, 0.4) is 0 Å². The van der Waals surface area contributed by atoms with E-state index in [9.17, 15) is 0 Å². The molecule has 5 heteroatoms. The van der Waals surface area contributed by atoms with Crippen LogP contribution in [0.15, 0.2) is 54.9 Å². The Morgan fingerprint density at radius 2 is 1.83 bits per heavy atom. The molecule has 0 atom stereocenters. The molecular formula is C19H17N3O2. The van der Waals surface area contributed by atoms with E-state index in [0.29, 0.717) is 23.6 Å². The Bertz CT molecular complexity index is 871. The maximum absolute atomic E-state index is 9.04. The van der Waals surface area contributed by atoms with Crippen LogP contribution in [0.2, 0.25) is 0 Å². The van der Waals surface area contributed by atoms with Gasteiger partial charge in [0.1, 0.15) is 17.3 Å². The van der Waals surface area contributed by atoms with E-state index in [-0.39, 0.29) is 0 Å². The summed E-state index contributed by atoms with van der Waals surface area (Å²) in [5.74, 6) is 2.24. The predicted octanol–water partition coefficient (Wildman–Crippen LogP) is 3.49. The highest BCUT2D eigenvalue weighted by atomic mass is 16.5. The van der Waals surface area contributed by atoms with Crippen LogP contribution in [-0.2, 0) is 6.54 Å². The highest BCUT2D eigenvalue weighted by molar-refractivity contribution is 5.61. The summed E-state index contributed by atoms with van der Waals surface area (Å²) >= 11 is 0. The number of aromatic nitrogens is 2. The maximum Gasteiger partial charge on any atom is 0.140 e. The van der Waals surface area contributed by atoms with E-state index in [2.05, 4.69) is 11.1 Å². The zero-order chi connectivity index (χ0) is 16.9. The first-order chi connectivity index (χ1) is 11.7. The van der Waals surface area contributed by atoms with Crippen molar-refractivity contribution in [3.05, 3.63) is 66.0 Å². The molecule has 0 radical (unpaired) electrons. The van der Waals surface area contributed by atoms with Gasteiger partial charge in [0.2, 0.25) is 0 Å². The van der Waals surface area contributed by atoms with Crippen molar-refractivity contribution in [1.82, 2.24) is 9.55 Å². The summed E-state index contributed by atoms with van der Waals surface area (Å²) in [6.07, 6.45) is 3.68. The van der Waals surface area contributed by atoms with Crippen LogP contribution in [0.25, 0.3) is 11.4 Å². The van der Waals surface area contributed by atoms with E-state index in [0.717, 1.165) is 17.0 Å². The molecule has 0 spiro atoms. The molecule has 3 rings (SSSR count). The van der Waals surface area contributed by atoms with Crippen molar-refractivity contribution in [2.24, 2.45) is 0 Å². The average molecular weight is 319 g/mol. The summed E-state index contributed by atoms with van der Waals surface area (Å²) in [6.45, 7) is 0.629. The lowest BCUT2D eigenvalue weighted by atomic mass is 10.1. The van der Waals surface area contributed by atoms with Crippen molar-refractivity contribution in [2.75, 3.05) is 14.2 Å². The van der Waals surface area contributed by atoms with Gasteiger partial charge in [-0.05, 0) is 29.8 Å². The number of benzene rings is 2. The fourth-order valence-electron chi connectivity index (χ4n) is 2.57. The molecule has 0 fully saturated rings. The van der Waals surface area contributed by atoms with Crippen LogP contribution < -0.4 is 9.47 Å². The summed E-state index contributed by atoms with van der Waals surface area (Å²) < 4.78 is 12.7. The SMILES string of the molecule is COc1cc(OC)cc(-c2nccn2Cc2cccc(C#N)c2)c1. The third kappa shape index (κ3) is 3.23. The van der Waals surface area contributed by atoms with Crippen LogP contribution in [0.5, 0.6) is 11.5 Å². The number of ether oxygens (including phenoxy) is 2. The lowest BCUT2D eigenvalue weighted by Gasteiger charge is -2.11. The van der Waals surface area contributed by atoms with Crippen LogP contribution in [0.1, 0.15) is 11.1 Å². The molecule has 0 saturated heterocycles. The minimum absolute atomic E-state index is 0.629. The second-order valence-corrected chi connectivity index (χ2v) is 5.29. The van der Waals surface area contributed by atoms with Crippen molar-refractivity contribution in [3.63, 3.8) is 0 Å². The molecule has 24 heavy (non-hydrogen) atoms. The van der Waals surface area contributed by atoms with E-state index < -0.39 is 0 Å². The zero-order valence-corrected chi connectivity index (χ0v) is 13.6. The van der Waals surface area contributed by atoms with Crippen molar-refractivity contribution in [1.29, 1.82) is 5.26 Å². The molecule has 0 amide bonds. The van der Waals surface area contributed by atoms with Gasteiger partial charge in [0, 0.05) is 30.6 Å². The molecule has 0 aliphatic heterocycles. The van der Waals surface area contributed by atoms with Gasteiger partial charge in [0.25, 0.3) is 0 Å². The number of imidazole rings is 1. The lowest BCUT2D eigenvalue weighted by molar-refractivity contribution is 0.394. The van der Waals surface area contributed by atoms with E-state index in [1.807, 2.05) is 47.2 Å². The predicted molar refractivity (Wildman–Crippen MR) is 91.0 cm³/mol. The third-order valence-corrected chi connectivity index (χ3v) is 3.73. The van der Waals surface area contributed by atoms with E-state index in [1.165, 1.54) is 0 Å². The highest BCUT2D eigenvalue weighted by Gasteiger charge is 2.10. The van der Waals surface area contributed by atoms with Gasteiger partial charge in [-0.25, -0.2) is 4.98 Å². The second-order valence-electron chi connectivity index (χ2n) is 5.29. The Kier molecular flexibility index (Phi) is 4.48. The maximum atomic E-state index is 9.04. The number of nitrogens with zero attached hydrogens (tertiary/aromatic N) is 3. The number of hydrogen-bond acceptors (Lipinski definition) is 4. The van der Waals surface area contributed by atoms with Crippen molar-refractivity contribution < 1.29 is 9.47 Å². The largest absolute Gasteiger partial charge is 0.497 e. The topological polar surface area (TPSA) is 60.1 Å². The first-order valence-electron chi connectivity index (χ1n) is 7.47. The highest BCUT2D eigenvalue weighted by Crippen LogP contribution is 2.29. The van der Waals surface area contributed by atoms with Gasteiger partial charge in [-0.3, -0.25) is 0 Å². The molecule has 0 saturated carbocycles. The molecule has 0 unspecified atom stereocenters. The molecular weight excluding hydrogens is 302 g/mol. The smallest absolute Gasteiger partial charge is 0.140 e. The molecule has 0 N–H and O–H groups in total. The molecule has 0 aliphatic carbocycles. The Hall–Kier alpha value is -3.26. The van der Waals surface area contributed by atoms with Gasteiger partial charge < -0.3 is 14.0 Å². The number of nitriles is 1. The average Bonchev–Trinajstić information content (AvgIpc) is 3.09. The lowest BCUT2D eigenvalue weighted by Crippen LogP contribution is -2.02. The molecule has 1 aromatic heterocycles. The second kappa shape index (κ2) is 6.88. The fourth-order valence-corrected chi connectivity index (χ4v) is 2.57. The number of hydrogen-bond donors (Lipinski definition) is 0. The number of methoxy groups -OCH3 is 2. The zero-order valence-electron chi connectivity index (χ0n) is 13.6. The van der Waals surface area contributed by atoms with Crippen molar-refractivity contribution >= 4 is 0 Å². The first-order valence-corrected chi connectivity index (χ1v) is 7.47. The van der Waals surface area contributed by atoms with Crippen LogP contribution in [0, 0.1) is 11.3 Å². The van der Waals surface area contributed by atoms with Crippen LogP contribution >= 0.6 is 0 Å². The Morgan fingerprint density at radius 1 is 1.08 bits per heavy atom. The Morgan fingerprint density at radius 3 is 2.50 bits per heavy atom. The van der Waals surface area contributed by atoms with Gasteiger partial charge in [-0.2, -0.15) is 5.26 Å². The standard InChI is InChI=1S/C19H17N3O2/c1-23-17-9-16(10-18(11-17)24-2)19-21-6-7-22(19)13-15-5-3-4-14(8-15)12-20/h3-11H,13H2,1-2H3. The first kappa shape index (κ1) is 15.6. The van der Waals surface area contributed by atoms with E-state index >= 15 is 0 Å². The molecule has 120 valence electrons. The molecule has 2 aromatic carbocycles. The molecule has 3 aromatic rings. The molecule has 1 heterocycles. The van der Waals surface area contributed by atoms with Crippen LogP contribution in [-0.4, -0.2) is 23.8 Å². The Labute approximate surface area is 140 Å². The van der Waals surface area contributed by atoms with Crippen molar-refractivity contribution in [2.45, 2.75) is 6.54 Å². The van der Waals surface area contributed by atoms with Gasteiger partial charge >= 0.3 is 0 Å². The van der Waals surface area contributed by atoms with E-state index in [1.54, 1.807) is 26.5 Å². The monoisotopic (exact) mass is 319 g/mol. The summed E-state index contributed by atoms with van der Waals surface area (Å²) in [4.78, 5) is 4.46. The van der Waals surface area contributed by atoms with Crippen molar-refractivity contribution in [3.8, 4) is 29.0 Å². The molecule has 0 bridgehead atoms. The Balaban J connectivity index is 1.97. The normalized spacial score (nSPS) is 10.2. The minimum Gasteiger partial charge on any atom is -0.497 e. The van der Waals surface area contributed by atoms with Gasteiger partial charge in [0.15, 0.2) is 0 Å². The summed E-state index contributed by atoms with van der Waals surface area (Å²) in [5, 5.41) is 9.04. The van der Waals surface area contributed by atoms with Crippen LogP contribution in [0.4, 0.5) is 0 Å². The fraction of sp³-hybridized carbons (Fsp3) is 0.158. The van der Waals surface area contributed by atoms with Gasteiger partial charge in [-0.15, -0.1) is 0 Å². The minimum atomic E-state index is 0.629. The quantitative estimate of drug-likeness (QED) is 0.722. The number of rotatable bonds is 5. The molecule has 5 nitrogen and oxygen atoms in total.